The van der Waals surface area contributed by atoms with Crippen molar-refractivity contribution < 1.29 is 24.1 Å². The SMILES string of the molecule is NC(=O)ON1CCC(C(=O)C2CCN(OC(N)=O)C3(C2)NCCCCN3)CC1. The molecule has 0 saturated carbocycles. The number of amides is 2. The molecule has 3 heterocycles. The van der Waals surface area contributed by atoms with Crippen molar-refractivity contribution in [2.75, 3.05) is 32.7 Å². The summed E-state index contributed by atoms with van der Waals surface area (Å²) in [5.74, 6) is -0.798. The van der Waals surface area contributed by atoms with Crippen molar-refractivity contribution in [3.8, 4) is 0 Å². The van der Waals surface area contributed by atoms with Crippen molar-refractivity contribution in [3.63, 3.8) is 0 Å². The third-order valence-electron chi connectivity index (χ3n) is 5.76. The summed E-state index contributed by atoms with van der Waals surface area (Å²) >= 11 is 0. The van der Waals surface area contributed by atoms with Gasteiger partial charge in [-0.3, -0.25) is 15.4 Å². The highest BCUT2D eigenvalue weighted by Gasteiger charge is 2.47. The van der Waals surface area contributed by atoms with Gasteiger partial charge in [0.05, 0.1) is 0 Å². The van der Waals surface area contributed by atoms with E-state index in [1.165, 1.54) is 5.06 Å². The van der Waals surface area contributed by atoms with E-state index >= 15 is 0 Å². The van der Waals surface area contributed by atoms with Gasteiger partial charge < -0.3 is 21.1 Å². The molecule has 11 heteroatoms. The third kappa shape index (κ3) is 4.90. The molecule has 1 unspecified atom stereocenters. The largest absolute Gasteiger partial charge is 0.423 e. The second kappa shape index (κ2) is 9.03. The van der Waals surface area contributed by atoms with Gasteiger partial charge in [-0.25, -0.2) is 9.59 Å². The Bertz CT molecular complexity index is 587. The van der Waals surface area contributed by atoms with E-state index in [2.05, 4.69) is 10.6 Å². The molecule has 28 heavy (non-hydrogen) atoms. The van der Waals surface area contributed by atoms with Crippen LogP contribution >= 0.6 is 0 Å². The van der Waals surface area contributed by atoms with Crippen LogP contribution in [0.4, 0.5) is 9.59 Å². The van der Waals surface area contributed by atoms with Crippen LogP contribution in [0.5, 0.6) is 0 Å². The van der Waals surface area contributed by atoms with Gasteiger partial charge >= 0.3 is 12.2 Å². The molecule has 3 saturated heterocycles. The van der Waals surface area contributed by atoms with E-state index < -0.39 is 18.0 Å². The average Bonchev–Trinajstić information content (AvgIpc) is 2.89. The normalized spacial score (nSPS) is 27.1. The molecular weight excluding hydrogens is 368 g/mol. The fourth-order valence-corrected chi connectivity index (χ4v) is 4.42. The Morgan fingerprint density at radius 3 is 2.00 bits per heavy atom. The van der Waals surface area contributed by atoms with Gasteiger partial charge in [-0.15, -0.1) is 10.1 Å². The Labute approximate surface area is 163 Å². The topological polar surface area (TPSA) is 152 Å². The monoisotopic (exact) mass is 398 g/mol. The van der Waals surface area contributed by atoms with Crippen LogP contribution in [-0.2, 0) is 14.5 Å². The van der Waals surface area contributed by atoms with Crippen LogP contribution in [0.1, 0.15) is 38.5 Å². The minimum Gasteiger partial charge on any atom is -0.351 e. The molecule has 2 amide bonds. The van der Waals surface area contributed by atoms with Crippen molar-refractivity contribution in [1.29, 1.82) is 0 Å². The smallest absolute Gasteiger partial charge is 0.351 e. The van der Waals surface area contributed by atoms with E-state index in [9.17, 15) is 14.4 Å². The zero-order valence-electron chi connectivity index (χ0n) is 16.0. The van der Waals surface area contributed by atoms with E-state index in [0.29, 0.717) is 45.3 Å². The van der Waals surface area contributed by atoms with Gasteiger partial charge in [-0.1, -0.05) is 0 Å². The van der Waals surface area contributed by atoms with Crippen molar-refractivity contribution in [2.45, 2.75) is 44.3 Å². The molecule has 158 valence electrons. The summed E-state index contributed by atoms with van der Waals surface area (Å²) in [7, 11) is 0. The fourth-order valence-electron chi connectivity index (χ4n) is 4.42. The van der Waals surface area contributed by atoms with Gasteiger partial charge in [-0.05, 0) is 45.2 Å². The molecule has 0 aromatic carbocycles. The molecule has 0 radical (unpaired) electrons. The predicted molar refractivity (Wildman–Crippen MR) is 98.0 cm³/mol. The third-order valence-corrected chi connectivity index (χ3v) is 5.76. The number of hydrogen-bond donors (Lipinski definition) is 4. The molecule has 3 fully saturated rings. The molecule has 0 aromatic rings. The van der Waals surface area contributed by atoms with Gasteiger partial charge in [0.25, 0.3) is 0 Å². The number of carbonyl (C=O) groups excluding carboxylic acids is 3. The lowest BCUT2D eigenvalue weighted by Gasteiger charge is -2.48. The van der Waals surface area contributed by atoms with E-state index in [1.807, 2.05) is 0 Å². The molecular formula is C17H30N6O5. The minimum atomic E-state index is -0.862. The zero-order valence-corrected chi connectivity index (χ0v) is 16.0. The van der Waals surface area contributed by atoms with Gasteiger partial charge in [0.1, 0.15) is 5.78 Å². The van der Waals surface area contributed by atoms with E-state index in [4.69, 9.17) is 21.1 Å². The maximum absolute atomic E-state index is 13.2. The number of nitrogens with zero attached hydrogens (tertiary/aromatic N) is 2. The predicted octanol–water partition coefficient (Wildman–Crippen LogP) is -0.373. The maximum atomic E-state index is 13.2. The number of carbonyl (C=O) groups is 3. The summed E-state index contributed by atoms with van der Waals surface area (Å²) in [5.41, 5.74) is 10.3. The standard InChI is InChI=1S/C17H30N6O5/c18-15(25)27-22-8-3-12(4-9-22)14(24)13-5-10-23(28-16(19)26)17(11-13)20-6-1-2-7-21-17/h12-13,20-21H,1-11H2,(H2,18,25)(H2,19,26). The second-order valence-corrected chi connectivity index (χ2v) is 7.64. The van der Waals surface area contributed by atoms with Crippen molar-refractivity contribution in [1.82, 2.24) is 20.8 Å². The number of primary amides is 2. The number of piperidine rings is 2. The molecule has 3 rings (SSSR count). The highest BCUT2D eigenvalue weighted by atomic mass is 16.7. The number of hydrogen-bond acceptors (Lipinski definition) is 9. The first kappa shape index (κ1) is 20.8. The summed E-state index contributed by atoms with van der Waals surface area (Å²) in [6.07, 6.45) is 2.63. The number of ketones is 1. The molecule has 11 nitrogen and oxygen atoms in total. The number of rotatable bonds is 4. The van der Waals surface area contributed by atoms with Gasteiger partial charge in [-0.2, -0.15) is 0 Å². The maximum Gasteiger partial charge on any atom is 0.423 e. The first-order chi connectivity index (χ1) is 13.4. The summed E-state index contributed by atoms with van der Waals surface area (Å²) in [4.78, 5) is 45.5. The Morgan fingerprint density at radius 1 is 0.857 bits per heavy atom. The Hall–Kier alpha value is -1.95. The van der Waals surface area contributed by atoms with Crippen molar-refractivity contribution in [2.24, 2.45) is 23.3 Å². The van der Waals surface area contributed by atoms with Crippen LogP contribution in [0.3, 0.4) is 0 Å². The highest BCUT2D eigenvalue weighted by Crippen LogP contribution is 2.34. The van der Waals surface area contributed by atoms with Crippen LogP contribution in [0.2, 0.25) is 0 Å². The Morgan fingerprint density at radius 2 is 1.43 bits per heavy atom. The van der Waals surface area contributed by atoms with Crippen molar-refractivity contribution >= 4 is 18.0 Å². The minimum absolute atomic E-state index is 0.0795. The van der Waals surface area contributed by atoms with E-state index in [0.717, 1.165) is 25.9 Å². The summed E-state index contributed by atoms with van der Waals surface area (Å²) in [5, 5.41) is 9.89. The first-order valence-electron chi connectivity index (χ1n) is 9.91. The molecule has 1 spiro atoms. The Kier molecular flexibility index (Phi) is 6.70. The number of nitrogens with one attached hydrogen (secondary N) is 2. The lowest BCUT2D eigenvalue weighted by Crippen LogP contribution is -2.70. The Balaban J connectivity index is 1.64. The summed E-state index contributed by atoms with van der Waals surface area (Å²) in [6, 6.07) is 0. The number of nitrogens with two attached hydrogens (primary N) is 2. The van der Waals surface area contributed by atoms with Gasteiger partial charge in [0, 0.05) is 37.9 Å². The molecule has 3 aliphatic heterocycles. The molecule has 3 aliphatic rings. The molecule has 0 bridgehead atoms. The van der Waals surface area contributed by atoms with Crippen molar-refractivity contribution in [3.05, 3.63) is 0 Å². The lowest BCUT2D eigenvalue weighted by atomic mass is 9.80. The molecule has 6 N–H and O–H groups in total. The molecule has 1 atom stereocenters. The second-order valence-electron chi connectivity index (χ2n) is 7.64. The highest BCUT2D eigenvalue weighted by molar-refractivity contribution is 5.83. The molecule has 0 aromatic heterocycles. The van der Waals surface area contributed by atoms with Crippen LogP contribution in [-0.4, -0.2) is 66.6 Å². The van der Waals surface area contributed by atoms with Gasteiger partial charge in [0.15, 0.2) is 5.79 Å². The van der Waals surface area contributed by atoms with E-state index in [1.54, 1.807) is 5.06 Å². The quantitative estimate of drug-likeness (QED) is 0.497. The average molecular weight is 398 g/mol. The van der Waals surface area contributed by atoms with Crippen LogP contribution < -0.4 is 22.1 Å². The fraction of sp³-hybridized carbons (Fsp3) is 0.824. The lowest BCUT2D eigenvalue weighted by molar-refractivity contribution is -0.219. The number of Topliss-reactive ketones (excluding diaryl/α,β-unsaturated/α-hetero) is 1. The summed E-state index contributed by atoms with van der Waals surface area (Å²) in [6.45, 7) is 2.92. The zero-order chi connectivity index (χ0) is 20.1. The number of hydroxylamine groups is 4. The summed E-state index contributed by atoms with van der Waals surface area (Å²) < 4.78 is 0. The van der Waals surface area contributed by atoms with Crippen LogP contribution in [0.15, 0.2) is 0 Å². The molecule has 0 aliphatic carbocycles. The van der Waals surface area contributed by atoms with Crippen LogP contribution in [0.25, 0.3) is 0 Å². The van der Waals surface area contributed by atoms with Crippen LogP contribution in [0, 0.1) is 11.8 Å². The van der Waals surface area contributed by atoms with Gasteiger partial charge in [0.2, 0.25) is 0 Å². The first-order valence-corrected chi connectivity index (χ1v) is 9.91. The van der Waals surface area contributed by atoms with E-state index in [-0.39, 0.29) is 17.6 Å².